The van der Waals surface area contributed by atoms with Crippen LogP contribution < -0.4 is 4.90 Å². The molecule has 4 heteroatoms. The largest absolute Gasteiger partial charge is 0.368 e. The van der Waals surface area contributed by atoms with Gasteiger partial charge in [-0.1, -0.05) is 48.0 Å². The summed E-state index contributed by atoms with van der Waals surface area (Å²) in [5.74, 6) is 0. The van der Waals surface area contributed by atoms with E-state index in [0.29, 0.717) is 10.6 Å². The Morgan fingerprint density at radius 1 is 0.955 bits per heavy atom. The zero-order valence-corrected chi connectivity index (χ0v) is 13.1. The van der Waals surface area contributed by atoms with Gasteiger partial charge in [-0.2, -0.15) is 5.26 Å². The lowest BCUT2D eigenvalue weighted by molar-refractivity contribution is 0.250. The van der Waals surface area contributed by atoms with Gasteiger partial charge in [0.15, 0.2) is 0 Å². The number of anilines is 1. The van der Waals surface area contributed by atoms with Crippen LogP contribution in [0, 0.1) is 11.3 Å². The maximum atomic E-state index is 9.31. The first-order chi connectivity index (χ1) is 10.8. The molecule has 0 N–H and O–H groups in total. The number of nitrogens with zero attached hydrogens (tertiary/aromatic N) is 3. The van der Waals surface area contributed by atoms with Crippen LogP contribution in [0.15, 0.2) is 48.5 Å². The van der Waals surface area contributed by atoms with E-state index in [1.165, 1.54) is 5.56 Å². The third-order valence-electron chi connectivity index (χ3n) is 4.07. The summed E-state index contributed by atoms with van der Waals surface area (Å²) in [6.45, 7) is 4.80. The highest BCUT2D eigenvalue weighted by molar-refractivity contribution is 6.32. The van der Waals surface area contributed by atoms with Gasteiger partial charge in [0, 0.05) is 32.7 Å². The van der Waals surface area contributed by atoms with Crippen molar-refractivity contribution in [1.82, 2.24) is 4.90 Å². The fourth-order valence-electron chi connectivity index (χ4n) is 2.88. The van der Waals surface area contributed by atoms with E-state index in [1.807, 2.05) is 18.2 Å². The van der Waals surface area contributed by atoms with Crippen LogP contribution in [0.25, 0.3) is 0 Å². The molecule has 22 heavy (non-hydrogen) atoms. The van der Waals surface area contributed by atoms with Crippen molar-refractivity contribution in [3.63, 3.8) is 0 Å². The Morgan fingerprint density at radius 3 is 2.36 bits per heavy atom. The molecule has 3 rings (SSSR count). The van der Waals surface area contributed by atoms with Crippen molar-refractivity contribution in [3.05, 3.63) is 64.7 Å². The minimum atomic E-state index is 0.534. The highest BCUT2D eigenvalue weighted by atomic mass is 35.5. The van der Waals surface area contributed by atoms with Crippen molar-refractivity contribution in [1.29, 1.82) is 5.26 Å². The van der Waals surface area contributed by atoms with Gasteiger partial charge in [0.1, 0.15) is 6.07 Å². The van der Waals surface area contributed by atoms with Crippen molar-refractivity contribution in [3.8, 4) is 6.07 Å². The summed E-state index contributed by atoms with van der Waals surface area (Å²) in [4.78, 5) is 4.70. The Morgan fingerprint density at radius 2 is 1.68 bits per heavy atom. The van der Waals surface area contributed by atoms with Crippen LogP contribution in [0.2, 0.25) is 5.02 Å². The first-order valence-electron chi connectivity index (χ1n) is 7.48. The summed E-state index contributed by atoms with van der Waals surface area (Å²) in [6.07, 6.45) is 0. The Labute approximate surface area is 136 Å². The summed E-state index contributed by atoms with van der Waals surface area (Å²) in [7, 11) is 0. The number of rotatable bonds is 3. The second-order valence-electron chi connectivity index (χ2n) is 5.49. The predicted octanol–water partition coefficient (Wildman–Crippen LogP) is 3.53. The minimum Gasteiger partial charge on any atom is -0.368 e. The minimum absolute atomic E-state index is 0.534. The molecule has 0 amide bonds. The topological polar surface area (TPSA) is 30.3 Å². The van der Waals surface area contributed by atoms with Crippen molar-refractivity contribution < 1.29 is 0 Å². The first-order valence-corrected chi connectivity index (χ1v) is 7.85. The molecule has 1 heterocycles. The quantitative estimate of drug-likeness (QED) is 0.868. The van der Waals surface area contributed by atoms with Crippen molar-refractivity contribution in [2.75, 3.05) is 31.1 Å². The maximum Gasteiger partial charge on any atom is 0.103 e. The van der Waals surface area contributed by atoms with Gasteiger partial charge in [0.25, 0.3) is 0 Å². The molecular formula is C18H18ClN3. The molecule has 2 aromatic carbocycles. The SMILES string of the molecule is N#Cc1c(Cl)cccc1N1CCN(Cc2ccccc2)CC1. The average molecular weight is 312 g/mol. The molecule has 0 aromatic heterocycles. The molecule has 1 fully saturated rings. The van der Waals surface area contributed by atoms with E-state index in [9.17, 15) is 5.26 Å². The highest BCUT2D eigenvalue weighted by Gasteiger charge is 2.20. The molecule has 3 nitrogen and oxygen atoms in total. The second-order valence-corrected chi connectivity index (χ2v) is 5.90. The van der Waals surface area contributed by atoms with Gasteiger partial charge in [-0.25, -0.2) is 0 Å². The van der Waals surface area contributed by atoms with Crippen LogP contribution in [-0.2, 0) is 6.54 Å². The first kappa shape index (κ1) is 14.9. The van der Waals surface area contributed by atoms with Crippen molar-refractivity contribution in [2.45, 2.75) is 6.54 Å². The number of halogens is 1. The summed E-state index contributed by atoms with van der Waals surface area (Å²) >= 11 is 6.13. The lowest BCUT2D eigenvalue weighted by atomic mass is 10.1. The van der Waals surface area contributed by atoms with Crippen LogP contribution in [0.3, 0.4) is 0 Å². The number of benzene rings is 2. The summed E-state index contributed by atoms with van der Waals surface area (Å²) in [5, 5.41) is 9.84. The Balaban J connectivity index is 1.65. The fourth-order valence-corrected chi connectivity index (χ4v) is 3.09. The fraction of sp³-hybridized carbons (Fsp3) is 0.278. The normalized spacial score (nSPS) is 15.5. The standard InChI is InChI=1S/C18H18ClN3/c19-17-7-4-8-18(16(17)13-20)22-11-9-21(10-12-22)14-15-5-2-1-3-6-15/h1-8H,9-12,14H2. The maximum absolute atomic E-state index is 9.31. The second kappa shape index (κ2) is 6.83. The van der Waals surface area contributed by atoms with Gasteiger partial charge >= 0.3 is 0 Å². The van der Waals surface area contributed by atoms with Gasteiger partial charge in [-0.05, 0) is 17.7 Å². The van der Waals surface area contributed by atoms with Gasteiger partial charge in [0.05, 0.1) is 16.3 Å². The zero-order chi connectivity index (χ0) is 15.4. The van der Waals surface area contributed by atoms with Crippen molar-refractivity contribution in [2.24, 2.45) is 0 Å². The molecule has 2 aromatic rings. The molecule has 0 saturated carbocycles. The van der Waals surface area contributed by atoms with Crippen LogP contribution in [0.1, 0.15) is 11.1 Å². The number of nitriles is 1. The van der Waals surface area contributed by atoms with E-state index in [-0.39, 0.29) is 0 Å². The number of piperazine rings is 1. The summed E-state index contributed by atoms with van der Waals surface area (Å²) < 4.78 is 0. The summed E-state index contributed by atoms with van der Waals surface area (Å²) in [5.41, 5.74) is 2.88. The van der Waals surface area contributed by atoms with Crippen LogP contribution >= 0.6 is 11.6 Å². The van der Waals surface area contributed by atoms with Gasteiger partial charge in [-0.15, -0.1) is 0 Å². The Hall–Kier alpha value is -2.02. The summed E-state index contributed by atoms with van der Waals surface area (Å²) in [6, 6.07) is 18.4. The van der Waals surface area contributed by atoms with E-state index in [1.54, 1.807) is 6.07 Å². The van der Waals surface area contributed by atoms with E-state index in [4.69, 9.17) is 11.6 Å². The molecule has 0 aliphatic carbocycles. The molecule has 1 aliphatic heterocycles. The van der Waals surface area contributed by atoms with Gasteiger partial charge in [0.2, 0.25) is 0 Å². The molecule has 112 valence electrons. The molecule has 0 bridgehead atoms. The van der Waals surface area contributed by atoms with Crippen molar-refractivity contribution >= 4 is 17.3 Å². The monoisotopic (exact) mass is 311 g/mol. The third-order valence-corrected chi connectivity index (χ3v) is 4.38. The average Bonchev–Trinajstić information content (AvgIpc) is 2.56. The van der Waals surface area contributed by atoms with E-state index in [2.05, 4.69) is 40.1 Å². The lowest BCUT2D eigenvalue weighted by Gasteiger charge is -2.36. The van der Waals surface area contributed by atoms with E-state index < -0.39 is 0 Å². The smallest absolute Gasteiger partial charge is 0.103 e. The highest BCUT2D eigenvalue weighted by Crippen LogP contribution is 2.27. The molecular weight excluding hydrogens is 294 g/mol. The molecule has 0 unspecified atom stereocenters. The van der Waals surface area contributed by atoms with Crippen LogP contribution in [0.5, 0.6) is 0 Å². The predicted molar refractivity (Wildman–Crippen MR) is 90.1 cm³/mol. The van der Waals surface area contributed by atoms with Gasteiger partial charge in [-0.3, -0.25) is 4.90 Å². The Bertz CT molecular complexity index is 670. The zero-order valence-electron chi connectivity index (χ0n) is 12.4. The molecule has 1 aliphatic rings. The molecule has 0 atom stereocenters. The molecule has 0 radical (unpaired) electrons. The lowest BCUT2D eigenvalue weighted by Crippen LogP contribution is -2.46. The third kappa shape index (κ3) is 3.24. The van der Waals surface area contributed by atoms with Crippen LogP contribution in [0.4, 0.5) is 5.69 Å². The number of hydrogen-bond acceptors (Lipinski definition) is 3. The molecule has 0 spiro atoms. The Kier molecular flexibility index (Phi) is 4.62. The molecule has 1 saturated heterocycles. The van der Waals surface area contributed by atoms with E-state index in [0.717, 1.165) is 38.4 Å². The number of hydrogen-bond donors (Lipinski definition) is 0. The van der Waals surface area contributed by atoms with Crippen LogP contribution in [-0.4, -0.2) is 31.1 Å². The van der Waals surface area contributed by atoms with Gasteiger partial charge < -0.3 is 4.90 Å². The van der Waals surface area contributed by atoms with E-state index >= 15 is 0 Å².